The van der Waals surface area contributed by atoms with Gasteiger partial charge in [0.1, 0.15) is 5.75 Å². The molecule has 2 aromatic carbocycles. The molecule has 0 atom stereocenters. The van der Waals surface area contributed by atoms with E-state index in [9.17, 15) is 0 Å². The Morgan fingerprint density at radius 3 is 2.78 bits per heavy atom. The molecule has 0 aliphatic rings. The summed E-state index contributed by atoms with van der Waals surface area (Å²) >= 11 is 9.56. The number of rotatable bonds is 4. The van der Waals surface area contributed by atoms with Crippen molar-refractivity contribution >= 4 is 27.5 Å². The zero-order valence-electron chi connectivity index (χ0n) is 14.4. The standard InChI is InChI=1S/C15H14BrClO/c1-2-18-14-6-3-11(4-7-14)9-12-10-13(16)5-8-15(12)17/h3-8,10H,2,9H2,1H3/i1D3,2D2. The molecule has 94 valence electrons. The van der Waals surface area contributed by atoms with Crippen LogP contribution >= 0.6 is 27.5 Å². The Morgan fingerprint density at radius 2 is 2.06 bits per heavy atom. The third kappa shape index (κ3) is 3.50. The molecule has 1 nitrogen and oxygen atoms in total. The van der Waals surface area contributed by atoms with E-state index >= 15 is 0 Å². The highest BCUT2D eigenvalue weighted by Crippen LogP contribution is 2.24. The first kappa shape index (κ1) is 8.23. The summed E-state index contributed by atoms with van der Waals surface area (Å²) in [6, 6.07) is 12.2. The fourth-order valence-electron chi connectivity index (χ4n) is 1.63. The predicted octanol–water partition coefficient (Wildman–Crippen LogP) is 5.09. The van der Waals surface area contributed by atoms with E-state index < -0.39 is 13.4 Å². The van der Waals surface area contributed by atoms with Crippen molar-refractivity contribution in [1.29, 1.82) is 0 Å². The minimum absolute atomic E-state index is 0.162. The van der Waals surface area contributed by atoms with Crippen LogP contribution in [0.3, 0.4) is 0 Å². The summed E-state index contributed by atoms with van der Waals surface area (Å²) in [6.45, 7) is -5.59. The van der Waals surface area contributed by atoms with E-state index in [0.717, 1.165) is 15.6 Å². The molecular weight excluding hydrogens is 312 g/mol. The van der Waals surface area contributed by atoms with E-state index in [-0.39, 0.29) is 5.75 Å². The largest absolute Gasteiger partial charge is 0.494 e. The normalized spacial score (nSPS) is 16.0. The second kappa shape index (κ2) is 6.26. The molecule has 18 heavy (non-hydrogen) atoms. The molecule has 0 amide bonds. The van der Waals surface area contributed by atoms with Crippen LogP contribution in [0.5, 0.6) is 5.75 Å². The fourth-order valence-corrected chi connectivity index (χ4v) is 2.23. The lowest BCUT2D eigenvalue weighted by atomic mass is 10.1. The minimum atomic E-state index is -2.85. The van der Waals surface area contributed by atoms with Crippen molar-refractivity contribution in [1.82, 2.24) is 0 Å². The van der Waals surface area contributed by atoms with Crippen molar-refractivity contribution in [3.63, 3.8) is 0 Å². The Bertz CT molecular complexity index is 685. The van der Waals surface area contributed by atoms with Crippen molar-refractivity contribution in [2.45, 2.75) is 13.3 Å². The van der Waals surface area contributed by atoms with E-state index in [4.69, 9.17) is 23.2 Å². The third-order valence-corrected chi connectivity index (χ3v) is 3.36. The molecule has 0 saturated carbocycles. The van der Waals surface area contributed by atoms with Crippen LogP contribution in [0, 0.1) is 0 Å². The molecule has 0 saturated heterocycles. The van der Waals surface area contributed by atoms with Crippen molar-refractivity contribution in [3.8, 4) is 5.75 Å². The Balaban J connectivity index is 2.12. The first-order chi connectivity index (χ1) is 10.6. The average molecular weight is 331 g/mol. The van der Waals surface area contributed by atoms with Crippen LogP contribution in [0.1, 0.15) is 24.8 Å². The summed E-state index contributed by atoms with van der Waals surface area (Å²) in [7, 11) is 0. The molecule has 0 aliphatic carbocycles. The number of halogens is 2. The Labute approximate surface area is 128 Å². The smallest absolute Gasteiger partial charge is 0.119 e. The van der Waals surface area contributed by atoms with Gasteiger partial charge in [-0.15, -0.1) is 0 Å². The quantitative estimate of drug-likeness (QED) is 0.758. The predicted molar refractivity (Wildman–Crippen MR) is 79.6 cm³/mol. The van der Waals surface area contributed by atoms with Gasteiger partial charge in [-0.3, -0.25) is 0 Å². The zero-order valence-corrected chi connectivity index (χ0v) is 11.8. The maximum atomic E-state index is 7.46. The summed E-state index contributed by atoms with van der Waals surface area (Å²) in [4.78, 5) is 0. The molecule has 2 aromatic rings. The molecule has 0 N–H and O–H groups in total. The maximum absolute atomic E-state index is 7.46. The van der Waals surface area contributed by atoms with E-state index in [1.165, 1.54) is 0 Å². The number of hydrogen-bond acceptors (Lipinski definition) is 1. The van der Waals surface area contributed by atoms with Crippen LogP contribution < -0.4 is 4.74 Å². The molecule has 0 bridgehead atoms. The van der Waals surface area contributed by atoms with Crippen LogP contribution in [0.15, 0.2) is 46.9 Å². The molecule has 2 rings (SSSR count). The molecule has 0 unspecified atom stereocenters. The molecule has 0 aromatic heterocycles. The van der Waals surface area contributed by atoms with Crippen LogP contribution in [-0.4, -0.2) is 6.56 Å². The Kier molecular flexibility index (Phi) is 2.86. The van der Waals surface area contributed by atoms with Gasteiger partial charge in [-0.2, -0.15) is 0 Å². The van der Waals surface area contributed by atoms with Crippen molar-refractivity contribution in [2.75, 3.05) is 6.56 Å². The van der Waals surface area contributed by atoms with Gasteiger partial charge >= 0.3 is 0 Å². The third-order valence-electron chi connectivity index (χ3n) is 2.49. The zero-order chi connectivity index (χ0) is 17.3. The second-order valence-corrected chi connectivity index (χ2v) is 5.08. The summed E-state index contributed by atoms with van der Waals surface area (Å²) in [5.41, 5.74) is 1.90. The van der Waals surface area contributed by atoms with E-state index in [2.05, 4.69) is 15.9 Å². The lowest BCUT2D eigenvalue weighted by Gasteiger charge is -2.07. The molecule has 0 heterocycles. The molecule has 3 heteroatoms. The van der Waals surface area contributed by atoms with Gasteiger partial charge in [0, 0.05) is 13.6 Å². The molecule has 0 radical (unpaired) electrons. The van der Waals surface area contributed by atoms with Gasteiger partial charge in [-0.25, -0.2) is 0 Å². The summed E-state index contributed by atoms with van der Waals surface area (Å²) in [5.74, 6) is 0.162. The van der Waals surface area contributed by atoms with E-state index in [1.807, 2.05) is 18.2 Å². The van der Waals surface area contributed by atoms with Gasteiger partial charge in [0.2, 0.25) is 0 Å². The molecule has 0 fully saturated rings. The molecular formula is C15H14BrClO. The first-order valence-electron chi connectivity index (χ1n) is 7.80. The topological polar surface area (TPSA) is 9.23 Å². The number of hydrogen-bond donors (Lipinski definition) is 0. The van der Waals surface area contributed by atoms with Crippen molar-refractivity contribution in [2.24, 2.45) is 0 Å². The van der Waals surface area contributed by atoms with Gasteiger partial charge in [0.25, 0.3) is 0 Å². The Morgan fingerprint density at radius 1 is 1.28 bits per heavy atom. The van der Waals surface area contributed by atoms with E-state index in [0.29, 0.717) is 11.4 Å². The van der Waals surface area contributed by atoms with Gasteiger partial charge < -0.3 is 4.74 Å². The average Bonchev–Trinajstić information content (AvgIpc) is 2.43. The Hall–Kier alpha value is -0.990. The lowest BCUT2D eigenvalue weighted by molar-refractivity contribution is 0.340. The van der Waals surface area contributed by atoms with Crippen LogP contribution in [0.4, 0.5) is 0 Å². The summed E-state index contributed by atoms with van der Waals surface area (Å²) < 4.78 is 42.2. The van der Waals surface area contributed by atoms with Crippen molar-refractivity contribution < 1.29 is 11.6 Å². The molecule has 0 aliphatic heterocycles. The highest BCUT2D eigenvalue weighted by Gasteiger charge is 2.03. The van der Waals surface area contributed by atoms with E-state index in [1.54, 1.807) is 24.3 Å². The SMILES string of the molecule is [2H]C([2H])([2H])C([2H])([2H])Oc1ccc(Cc2cc(Br)ccc2Cl)cc1. The highest BCUT2D eigenvalue weighted by molar-refractivity contribution is 9.10. The van der Waals surface area contributed by atoms with Crippen LogP contribution in [0.25, 0.3) is 0 Å². The number of benzene rings is 2. The highest BCUT2D eigenvalue weighted by atomic mass is 79.9. The summed E-state index contributed by atoms with van der Waals surface area (Å²) in [5, 5.41) is 0.660. The van der Waals surface area contributed by atoms with Gasteiger partial charge in [-0.1, -0.05) is 39.7 Å². The minimum Gasteiger partial charge on any atom is -0.494 e. The lowest BCUT2D eigenvalue weighted by Crippen LogP contribution is -1.93. The fraction of sp³-hybridized carbons (Fsp3) is 0.200. The van der Waals surface area contributed by atoms with Crippen LogP contribution in [0.2, 0.25) is 5.02 Å². The summed E-state index contributed by atoms with van der Waals surface area (Å²) in [6.07, 6.45) is 0.602. The van der Waals surface area contributed by atoms with Gasteiger partial charge in [0.15, 0.2) is 0 Å². The molecule has 0 spiro atoms. The monoisotopic (exact) mass is 329 g/mol. The van der Waals surface area contributed by atoms with Crippen LogP contribution in [-0.2, 0) is 6.42 Å². The first-order valence-corrected chi connectivity index (χ1v) is 6.47. The van der Waals surface area contributed by atoms with Crippen molar-refractivity contribution in [3.05, 3.63) is 63.1 Å². The maximum Gasteiger partial charge on any atom is 0.119 e. The number of ether oxygens (including phenoxy) is 1. The van der Waals surface area contributed by atoms with Gasteiger partial charge in [0.05, 0.1) is 9.30 Å². The van der Waals surface area contributed by atoms with Gasteiger partial charge in [-0.05, 0) is 54.7 Å². The second-order valence-electron chi connectivity index (χ2n) is 3.76.